The molecular weight excluding hydrogens is 212 g/mol. The third-order valence-corrected chi connectivity index (χ3v) is 2.79. The van der Waals surface area contributed by atoms with E-state index in [2.05, 4.69) is 0 Å². The van der Waals surface area contributed by atoms with E-state index in [-0.39, 0.29) is 0 Å². The van der Waals surface area contributed by atoms with Crippen molar-refractivity contribution in [1.82, 2.24) is 0 Å². The molecule has 2 rings (SSSR count). The van der Waals surface area contributed by atoms with Crippen LogP contribution in [0.5, 0.6) is 0 Å². The molecule has 17 heavy (non-hydrogen) atoms. The molecule has 0 aliphatic heterocycles. The summed E-state index contributed by atoms with van der Waals surface area (Å²) < 4.78 is 0. The fourth-order valence-corrected chi connectivity index (χ4v) is 1.88. The van der Waals surface area contributed by atoms with E-state index in [0.717, 1.165) is 16.7 Å². The Morgan fingerprint density at radius 2 is 1.47 bits per heavy atom. The van der Waals surface area contributed by atoms with Gasteiger partial charge in [0.2, 0.25) is 0 Å². The smallest absolute Gasteiger partial charge is 0.315 e. The Morgan fingerprint density at radius 3 is 2.00 bits per heavy atom. The van der Waals surface area contributed by atoms with E-state index in [9.17, 15) is 9.90 Å². The van der Waals surface area contributed by atoms with E-state index in [4.69, 9.17) is 0 Å². The van der Waals surface area contributed by atoms with Crippen molar-refractivity contribution in [1.29, 1.82) is 0 Å². The number of hydrogen-bond donors (Lipinski definition) is 1. The topological polar surface area (TPSA) is 37.3 Å². The molecule has 0 aliphatic rings. The third kappa shape index (κ3) is 2.53. The van der Waals surface area contributed by atoms with E-state index in [1.54, 1.807) is 0 Å². The number of carboxylic acids is 1. The van der Waals surface area contributed by atoms with Gasteiger partial charge in [0.15, 0.2) is 0 Å². The molecule has 2 aromatic carbocycles. The monoisotopic (exact) mass is 226 g/mol. The van der Waals surface area contributed by atoms with E-state index in [1.165, 1.54) is 0 Å². The van der Waals surface area contributed by atoms with Gasteiger partial charge in [-0.25, -0.2) is 0 Å². The molecule has 0 radical (unpaired) electrons. The van der Waals surface area contributed by atoms with Gasteiger partial charge >= 0.3 is 5.97 Å². The van der Waals surface area contributed by atoms with Crippen LogP contribution < -0.4 is 0 Å². The van der Waals surface area contributed by atoms with Crippen LogP contribution in [0, 0.1) is 6.92 Å². The molecule has 0 amide bonds. The van der Waals surface area contributed by atoms with Gasteiger partial charge in [-0.05, 0) is 18.1 Å². The number of carboxylic acid groups (broad SMARTS) is 1. The Balaban J connectivity index is 2.43. The van der Waals surface area contributed by atoms with Crippen LogP contribution in [0.3, 0.4) is 0 Å². The maximum Gasteiger partial charge on any atom is 0.315 e. The van der Waals surface area contributed by atoms with Crippen molar-refractivity contribution < 1.29 is 9.90 Å². The van der Waals surface area contributed by atoms with Crippen LogP contribution in [0.4, 0.5) is 0 Å². The highest BCUT2D eigenvalue weighted by Crippen LogP contribution is 2.24. The second kappa shape index (κ2) is 4.83. The molecule has 0 aromatic heterocycles. The second-order valence-corrected chi connectivity index (χ2v) is 4.09. The minimum Gasteiger partial charge on any atom is -0.481 e. The number of carbonyl (C=O) groups is 1. The van der Waals surface area contributed by atoms with E-state index in [1.807, 2.05) is 61.5 Å². The standard InChI is InChI=1S/C15H14O2/c1-11-7-9-13(10-8-11)14(15(16)17)12-5-3-2-4-6-12/h2-10,14H,1H3,(H,16,17). The first-order valence-electron chi connectivity index (χ1n) is 5.53. The summed E-state index contributed by atoms with van der Waals surface area (Å²) in [5.74, 6) is -1.41. The van der Waals surface area contributed by atoms with Crippen LogP contribution in [-0.4, -0.2) is 11.1 Å². The van der Waals surface area contributed by atoms with Crippen molar-refractivity contribution in [3.8, 4) is 0 Å². The van der Waals surface area contributed by atoms with Crippen molar-refractivity contribution in [2.45, 2.75) is 12.8 Å². The molecule has 1 atom stereocenters. The molecular formula is C15H14O2. The molecule has 0 saturated heterocycles. The van der Waals surface area contributed by atoms with Crippen LogP contribution in [-0.2, 0) is 4.79 Å². The normalized spacial score (nSPS) is 12.1. The zero-order valence-electron chi connectivity index (χ0n) is 9.63. The molecule has 1 N–H and O–H groups in total. The molecule has 0 fully saturated rings. The zero-order chi connectivity index (χ0) is 12.3. The Labute approximate surface area is 101 Å². The minimum atomic E-state index is -0.819. The SMILES string of the molecule is Cc1ccc(C(C(=O)O)c2ccccc2)cc1. The maximum absolute atomic E-state index is 11.4. The van der Waals surface area contributed by atoms with Gasteiger partial charge in [0.25, 0.3) is 0 Å². The van der Waals surface area contributed by atoms with E-state index >= 15 is 0 Å². The molecule has 1 unspecified atom stereocenters. The largest absolute Gasteiger partial charge is 0.481 e. The first kappa shape index (κ1) is 11.4. The summed E-state index contributed by atoms with van der Waals surface area (Å²) >= 11 is 0. The molecule has 0 aliphatic carbocycles. The molecule has 86 valence electrons. The lowest BCUT2D eigenvalue weighted by Gasteiger charge is -2.13. The first-order valence-corrected chi connectivity index (χ1v) is 5.53. The summed E-state index contributed by atoms with van der Waals surface area (Å²) in [4.78, 5) is 11.4. The minimum absolute atomic E-state index is 0.586. The van der Waals surface area contributed by atoms with Gasteiger partial charge < -0.3 is 5.11 Å². The molecule has 0 heterocycles. The fourth-order valence-electron chi connectivity index (χ4n) is 1.88. The van der Waals surface area contributed by atoms with E-state index in [0.29, 0.717) is 0 Å². The van der Waals surface area contributed by atoms with Crippen molar-refractivity contribution in [2.75, 3.05) is 0 Å². The second-order valence-electron chi connectivity index (χ2n) is 4.09. The molecule has 2 heteroatoms. The van der Waals surface area contributed by atoms with Gasteiger partial charge in [-0.15, -0.1) is 0 Å². The van der Waals surface area contributed by atoms with Crippen molar-refractivity contribution >= 4 is 5.97 Å². The Hall–Kier alpha value is -2.09. The summed E-state index contributed by atoms with van der Waals surface area (Å²) in [6, 6.07) is 16.9. The number of aryl methyl sites for hydroxylation is 1. The van der Waals surface area contributed by atoms with Crippen molar-refractivity contribution in [3.63, 3.8) is 0 Å². The summed E-state index contributed by atoms with van der Waals surface area (Å²) in [5, 5.41) is 9.35. The van der Waals surface area contributed by atoms with Gasteiger partial charge in [0.05, 0.1) is 0 Å². The molecule has 2 aromatic rings. The van der Waals surface area contributed by atoms with Crippen LogP contribution >= 0.6 is 0 Å². The quantitative estimate of drug-likeness (QED) is 0.872. The summed E-state index contributed by atoms with van der Waals surface area (Å²) in [6.45, 7) is 1.99. The average Bonchev–Trinajstić information content (AvgIpc) is 2.33. The highest BCUT2D eigenvalue weighted by Gasteiger charge is 2.21. The molecule has 0 bridgehead atoms. The lowest BCUT2D eigenvalue weighted by molar-refractivity contribution is -0.137. The lowest BCUT2D eigenvalue weighted by atomic mass is 9.91. The number of rotatable bonds is 3. The molecule has 2 nitrogen and oxygen atoms in total. The van der Waals surface area contributed by atoms with Crippen LogP contribution in [0.2, 0.25) is 0 Å². The third-order valence-electron chi connectivity index (χ3n) is 2.79. The highest BCUT2D eigenvalue weighted by molar-refractivity contribution is 5.80. The Kier molecular flexibility index (Phi) is 3.24. The van der Waals surface area contributed by atoms with Crippen LogP contribution in [0.1, 0.15) is 22.6 Å². The van der Waals surface area contributed by atoms with Gasteiger partial charge in [0.1, 0.15) is 5.92 Å². The van der Waals surface area contributed by atoms with Crippen molar-refractivity contribution in [3.05, 3.63) is 71.3 Å². The number of aliphatic carboxylic acids is 1. The predicted molar refractivity (Wildman–Crippen MR) is 67.1 cm³/mol. The Morgan fingerprint density at radius 1 is 0.941 bits per heavy atom. The van der Waals surface area contributed by atoms with Crippen LogP contribution in [0.25, 0.3) is 0 Å². The average molecular weight is 226 g/mol. The van der Waals surface area contributed by atoms with Gasteiger partial charge in [-0.3, -0.25) is 4.79 Å². The van der Waals surface area contributed by atoms with E-state index < -0.39 is 11.9 Å². The Bertz CT molecular complexity index is 500. The summed E-state index contributed by atoms with van der Waals surface area (Å²) in [6.07, 6.45) is 0. The molecule has 0 spiro atoms. The number of hydrogen-bond acceptors (Lipinski definition) is 1. The maximum atomic E-state index is 11.4. The van der Waals surface area contributed by atoms with Gasteiger partial charge in [-0.2, -0.15) is 0 Å². The number of benzene rings is 2. The fraction of sp³-hybridized carbons (Fsp3) is 0.133. The zero-order valence-corrected chi connectivity index (χ0v) is 9.63. The first-order chi connectivity index (χ1) is 8.18. The van der Waals surface area contributed by atoms with Gasteiger partial charge in [-0.1, -0.05) is 60.2 Å². The van der Waals surface area contributed by atoms with Crippen LogP contribution in [0.15, 0.2) is 54.6 Å². The molecule has 0 saturated carbocycles. The highest BCUT2D eigenvalue weighted by atomic mass is 16.4. The summed E-state index contributed by atoms with van der Waals surface area (Å²) in [5.41, 5.74) is 2.75. The lowest BCUT2D eigenvalue weighted by Crippen LogP contribution is -2.12. The van der Waals surface area contributed by atoms with Crippen molar-refractivity contribution in [2.24, 2.45) is 0 Å². The van der Waals surface area contributed by atoms with Gasteiger partial charge in [0, 0.05) is 0 Å². The summed E-state index contributed by atoms with van der Waals surface area (Å²) in [7, 11) is 0. The predicted octanol–water partition coefficient (Wildman–Crippen LogP) is 3.21.